The lowest BCUT2D eigenvalue weighted by atomic mass is 10.1. The topological polar surface area (TPSA) is 77.2 Å². The van der Waals surface area contributed by atoms with Crippen molar-refractivity contribution in [3.63, 3.8) is 0 Å². The Hall–Kier alpha value is -1.82. The number of carbonyl (C=O) groups excluding carboxylic acids is 1. The second-order valence-electron chi connectivity index (χ2n) is 6.18. The third-order valence-electron chi connectivity index (χ3n) is 4.03. The van der Waals surface area contributed by atoms with Crippen LogP contribution in [0, 0.1) is 13.8 Å². The number of aromatic amines is 1. The Bertz CT molecular complexity index is 576. The molecule has 0 spiro atoms. The van der Waals surface area contributed by atoms with Crippen molar-refractivity contribution in [3.05, 3.63) is 33.2 Å². The lowest BCUT2D eigenvalue weighted by molar-refractivity contribution is 0.231. The Balaban J connectivity index is 1.81. The van der Waals surface area contributed by atoms with Gasteiger partial charge in [-0.3, -0.25) is 4.79 Å². The van der Waals surface area contributed by atoms with Gasteiger partial charge in [-0.2, -0.15) is 0 Å². The van der Waals surface area contributed by atoms with Crippen LogP contribution in [-0.4, -0.2) is 41.6 Å². The van der Waals surface area contributed by atoms with Crippen molar-refractivity contribution in [1.82, 2.24) is 20.5 Å². The second kappa shape index (κ2) is 7.45. The molecule has 1 aliphatic rings. The Labute approximate surface area is 131 Å². The van der Waals surface area contributed by atoms with Crippen molar-refractivity contribution >= 4 is 6.03 Å². The highest BCUT2D eigenvalue weighted by molar-refractivity contribution is 5.74. The monoisotopic (exact) mass is 306 g/mol. The second-order valence-corrected chi connectivity index (χ2v) is 6.18. The number of pyridine rings is 1. The average molecular weight is 306 g/mol. The molecule has 1 aliphatic heterocycles. The average Bonchev–Trinajstić information content (AvgIpc) is 2.89. The SMILES string of the molecule is Cc1cc(C)c(CNC(=O)N[C@H](C)CN2CCCC2)c(=O)[nH]1. The van der Waals surface area contributed by atoms with Gasteiger partial charge in [-0.05, 0) is 58.3 Å². The maximum absolute atomic E-state index is 11.9. The summed E-state index contributed by atoms with van der Waals surface area (Å²) in [5.41, 5.74) is 2.19. The third-order valence-corrected chi connectivity index (χ3v) is 4.03. The molecule has 1 aromatic heterocycles. The number of hydrogen-bond donors (Lipinski definition) is 3. The number of likely N-dealkylation sites (tertiary alicyclic amines) is 1. The molecule has 0 aromatic carbocycles. The van der Waals surface area contributed by atoms with Crippen LogP contribution in [0.25, 0.3) is 0 Å². The third kappa shape index (κ3) is 4.59. The van der Waals surface area contributed by atoms with Crippen molar-refractivity contribution in [2.75, 3.05) is 19.6 Å². The number of aromatic nitrogens is 1. The summed E-state index contributed by atoms with van der Waals surface area (Å²) in [6.07, 6.45) is 2.49. The highest BCUT2D eigenvalue weighted by Gasteiger charge is 2.16. The van der Waals surface area contributed by atoms with E-state index in [1.54, 1.807) is 0 Å². The van der Waals surface area contributed by atoms with Crippen LogP contribution < -0.4 is 16.2 Å². The van der Waals surface area contributed by atoms with Crippen LogP contribution in [0.3, 0.4) is 0 Å². The molecule has 2 rings (SSSR count). The number of hydrogen-bond acceptors (Lipinski definition) is 3. The Kier molecular flexibility index (Phi) is 5.60. The molecule has 1 aromatic rings. The Morgan fingerprint density at radius 3 is 2.68 bits per heavy atom. The minimum absolute atomic E-state index is 0.0931. The molecule has 0 unspecified atom stereocenters. The first-order valence-electron chi connectivity index (χ1n) is 7.92. The van der Waals surface area contributed by atoms with E-state index >= 15 is 0 Å². The lowest BCUT2D eigenvalue weighted by Crippen LogP contribution is -2.45. The molecule has 1 fully saturated rings. The van der Waals surface area contributed by atoms with E-state index in [0.29, 0.717) is 5.56 Å². The highest BCUT2D eigenvalue weighted by Crippen LogP contribution is 2.07. The molecule has 22 heavy (non-hydrogen) atoms. The fraction of sp³-hybridized carbons (Fsp3) is 0.625. The van der Waals surface area contributed by atoms with Crippen molar-refractivity contribution < 1.29 is 4.79 Å². The quantitative estimate of drug-likeness (QED) is 0.767. The number of nitrogens with one attached hydrogen (secondary N) is 3. The number of amides is 2. The van der Waals surface area contributed by atoms with Gasteiger partial charge in [0, 0.05) is 23.8 Å². The summed E-state index contributed by atoms with van der Waals surface area (Å²) < 4.78 is 0. The first kappa shape index (κ1) is 16.5. The van der Waals surface area contributed by atoms with E-state index < -0.39 is 0 Å². The molecule has 0 aliphatic carbocycles. The lowest BCUT2D eigenvalue weighted by Gasteiger charge is -2.21. The summed E-state index contributed by atoms with van der Waals surface area (Å²) >= 11 is 0. The van der Waals surface area contributed by atoms with Crippen LogP contribution in [0.4, 0.5) is 4.79 Å². The molecule has 6 nitrogen and oxygen atoms in total. The van der Waals surface area contributed by atoms with E-state index in [9.17, 15) is 9.59 Å². The van der Waals surface area contributed by atoms with Crippen molar-refractivity contribution in [2.24, 2.45) is 0 Å². The smallest absolute Gasteiger partial charge is 0.315 e. The van der Waals surface area contributed by atoms with E-state index in [2.05, 4.69) is 20.5 Å². The number of aryl methyl sites for hydroxylation is 2. The molecule has 1 saturated heterocycles. The van der Waals surface area contributed by atoms with Gasteiger partial charge >= 0.3 is 6.03 Å². The fourth-order valence-electron chi connectivity index (χ4n) is 2.94. The van der Waals surface area contributed by atoms with Crippen LogP contribution in [0.15, 0.2) is 10.9 Å². The maximum atomic E-state index is 11.9. The normalized spacial score (nSPS) is 16.5. The fourth-order valence-corrected chi connectivity index (χ4v) is 2.94. The summed E-state index contributed by atoms with van der Waals surface area (Å²) in [7, 11) is 0. The van der Waals surface area contributed by atoms with Gasteiger partial charge in [-0.1, -0.05) is 0 Å². The molecule has 6 heteroatoms. The predicted molar refractivity (Wildman–Crippen MR) is 87.0 cm³/mol. The van der Waals surface area contributed by atoms with Crippen LogP contribution in [0.2, 0.25) is 0 Å². The number of H-pyrrole nitrogens is 1. The van der Waals surface area contributed by atoms with Crippen molar-refractivity contribution in [2.45, 2.75) is 46.2 Å². The number of urea groups is 1. The van der Waals surface area contributed by atoms with Gasteiger partial charge in [0.25, 0.3) is 5.56 Å². The molecule has 122 valence electrons. The summed E-state index contributed by atoms with van der Waals surface area (Å²) in [5.74, 6) is 0. The first-order valence-corrected chi connectivity index (χ1v) is 7.92. The zero-order valence-corrected chi connectivity index (χ0v) is 13.7. The molecule has 2 amide bonds. The van der Waals surface area contributed by atoms with Crippen LogP contribution in [0.1, 0.15) is 36.6 Å². The van der Waals surface area contributed by atoms with Crippen molar-refractivity contribution in [1.29, 1.82) is 0 Å². The van der Waals surface area contributed by atoms with Crippen molar-refractivity contribution in [3.8, 4) is 0 Å². The van der Waals surface area contributed by atoms with E-state index in [1.807, 2.05) is 26.8 Å². The number of carbonyl (C=O) groups is 1. The van der Waals surface area contributed by atoms with E-state index in [-0.39, 0.29) is 24.2 Å². The number of rotatable bonds is 5. The maximum Gasteiger partial charge on any atom is 0.315 e. The van der Waals surface area contributed by atoms with E-state index in [4.69, 9.17) is 0 Å². The van der Waals surface area contributed by atoms with Crippen LogP contribution in [0.5, 0.6) is 0 Å². The van der Waals surface area contributed by atoms with E-state index in [1.165, 1.54) is 12.8 Å². The summed E-state index contributed by atoms with van der Waals surface area (Å²) in [4.78, 5) is 28.9. The molecule has 3 N–H and O–H groups in total. The van der Waals surface area contributed by atoms with Crippen LogP contribution in [-0.2, 0) is 6.54 Å². The first-order chi connectivity index (χ1) is 10.5. The summed E-state index contributed by atoms with van der Waals surface area (Å²) in [5, 5.41) is 5.69. The minimum Gasteiger partial charge on any atom is -0.334 e. The molecular formula is C16H26N4O2. The van der Waals surface area contributed by atoms with E-state index in [0.717, 1.165) is 30.9 Å². The van der Waals surface area contributed by atoms with Gasteiger partial charge in [0.05, 0.1) is 6.54 Å². The Morgan fingerprint density at radius 2 is 2.05 bits per heavy atom. The molecule has 0 saturated carbocycles. The van der Waals surface area contributed by atoms with Gasteiger partial charge < -0.3 is 20.5 Å². The molecule has 0 bridgehead atoms. The minimum atomic E-state index is -0.230. The summed E-state index contributed by atoms with van der Waals surface area (Å²) in [6, 6.07) is 1.77. The molecule has 1 atom stereocenters. The van der Waals surface area contributed by atoms with Gasteiger partial charge in [0.1, 0.15) is 0 Å². The predicted octanol–water partition coefficient (Wildman–Crippen LogP) is 1.28. The standard InChI is InChI=1S/C16H26N4O2/c1-11-8-12(2)18-15(21)14(11)9-17-16(22)19-13(3)10-20-6-4-5-7-20/h8,13H,4-7,9-10H2,1-3H3,(H,18,21)(H2,17,19,22)/t13-/m1/s1. The molecule has 2 heterocycles. The zero-order chi connectivity index (χ0) is 16.1. The zero-order valence-electron chi connectivity index (χ0n) is 13.7. The van der Waals surface area contributed by atoms with Gasteiger partial charge in [-0.25, -0.2) is 4.79 Å². The highest BCUT2D eigenvalue weighted by atomic mass is 16.2. The molecular weight excluding hydrogens is 280 g/mol. The van der Waals surface area contributed by atoms with Crippen LogP contribution >= 0.6 is 0 Å². The van der Waals surface area contributed by atoms with Gasteiger partial charge in [0.15, 0.2) is 0 Å². The summed E-state index contributed by atoms with van der Waals surface area (Å²) in [6.45, 7) is 9.08. The van der Waals surface area contributed by atoms with Gasteiger partial charge in [0.2, 0.25) is 0 Å². The largest absolute Gasteiger partial charge is 0.334 e. The molecule has 0 radical (unpaired) electrons. The number of nitrogens with zero attached hydrogens (tertiary/aromatic N) is 1. The Morgan fingerprint density at radius 1 is 1.36 bits per heavy atom. The van der Waals surface area contributed by atoms with Gasteiger partial charge in [-0.15, -0.1) is 0 Å².